The van der Waals surface area contributed by atoms with Crippen LogP contribution in [-0.2, 0) is 6.42 Å². The van der Waals surface area contributed by atoms with E-state index in [9.17, 15) is 0 Å². The number of thiophene rings is 1. The molecule has 2 aliphatic rings. The molecule has 20 heavy (non-hydrogen) atoms. The van der Waals surface area contributed by atoms with E-state index in [1.807, 2.05) is 11.3 Å². The van der Waals surface area contributed by atoms with E-state index in [2.05, 4.69) is 40.9 Å². The Kier molecular flexibility index (Phi) is 4.21. The molecule has 0 bridgehead atoms. The van der Waals surface area contributed by atoms with Crippen LogP contribution in [0.5, 0.6) is 0 Å². The highest BCUT2D eigenvalue weighted by Crippen LogP contribution is 2.34. The molecule has 1 aromatic rings. The van der Waals surface area contributed by atoms with Crippen molar-refractivity contribution < 1.29 is 0 Å². The Morgan fingerprint density at radius 1 is 1.25 bits per heavy atom. The van der Waals surface area contributed by atoms with Crippen molar-refractivity contribution in [2.24, 2.45) is 0 Å². The van der Waals surface area contributed by atoms with Crippen LogP contribution in [0.1, 0.15) is 51.5 Å². The molecule has 2 fully saturated rings. The minimum Gasteiger partial charge on any atom is -0.308 e. The predicted molar refractivity (Wildman–Crippen MR) is 87.5 cm³/mol. The lowest BCUT2D eigenvalue weighted by molar-refractivity contribution is 0.0117. The molecule has 0 atom stereocenters. The van der Waals surface area contributed by atoms with Crippen molar-refractivity contribution in [2.75, 3.05) is 19.6 Å². The first-order valence-electron chi connectivity index (χ1n) is 8.11. The average molecular weight is 292 g/mol. The van der Waals surface area contributed by atoms with Crippen LogP contribution in [-0.4, -0.2) is 35.6 Å². The van der Waals surface area contributed by atoms with Crippen LogP contribution in [0.2, 0.25) is 0 Å². The summed E-state index contributed by atoms with van der Waals surface area (Å²) in [6.07, 6.45) is 8.19. The van der Waals surface area contributed by atoms with E-state index >= 15 is 0 Å². The summed E-state index contributed by atoms with van der Waals surface area (Å²) < 4.78 is 0. The number of hydrogen-bond donors (Lipinski definition) is 1. The summed E-state index contributed by atoms with van der Waals surface area (Å²) in [4.78, 5) is 2.74. The smallest absolute Gasteiger partial charge is 0.0309 e. The van der Waals surface area contributed by atoms with Crippen molar-refractivity contribution in [3.63, 3.8) is 0 Å². The number of hydrogen-bond acceptors (Lipinski definition) is 3. The maximum atomic E-state index is 3.91. The highest BCUT2D eigenvalue weighted by molar-refractivity contribution is 7.07. The second-order valence-corrected chi connectivity index (χ2v) is 8.09. The average Bonchev–Trinajstić information content (AvgIpc) is 2.95. The van der Waals surface area contributed by atoms with Gasteiger partial charge in [-0.3, -0.25) is 4.90 Å². The number of piperazine rings is 1. The molecule has 112 valence electrons. The molecule has 0 aromatic carbocycles. The fourth-order valence-electron chi connectivity index (χ4n) is 3.79. The zero-order valence-corrected chi connectivity index (χ0v) is 13.8. The predicted octanol–water partition coefficient (Wildman–Crippen LogP) is 3.68. The molecule has 1 aliphatic heterocycles. The summed E-state index contributed by atoms with van der Waals surface area (Å²) in [5.41, 5.74) is 2.21. The third-order valence-electron chi connectivity index (χ3n) is 5.31. The lowest BCUT2D eigenvalue weighted by atomic mass is 9.77. The summed E-state index contributed by atoms with van der Waals surface area (Å²) >= 11 is 1.82. The second kappa shape index (κ2) is 5.78. The van der Waals surface area contributed by atoms with Crippen molar-refractivity contribution >= 4 is 11.3 Å². The normalized spacial score (nSPS) is 25.9. The van der Waals surface area contributed by atoms with E-state index in [0.29, 0.717) is 11.1 Å². The van der Waals surface area contributed by atoms with Crippen molar-refractivity contribution in [2.45, 2.75) is 63.5 Å². The number of nitrogens with zero attached hydrogens (tertiary/aromatic N) is 1. The van der Waals surface area contributed by atoms with Gasteiger partial charge in [-0.25, -0.2) is 0 Å². The molecule has 3 heteroatoms. The highest BCUT2D eigenvalue weighted by atomic mass is 32.1. The zero-order valence-electron chi connectivity index (χ0n) is 13.0. The van der Waals surface area contributed by atoms with Gasteiger partial charge in [0.2, 0.25) is 0 Å². The molecule has 0 radical (unpaired) electrons. The zero-order chi connectivity index (χ0) is 14.1. The third kappa shape index (κ3) is 3.10. The molecule has 3 rings (SSSR count). The lowest BCUT2D eigenvalue weighted by Crippen LogP contribution is -2.68. The Bertz CT molecular complexity index is 418. The Labute approximate surface area is 127 Å². The molecule has 0 amide bonds. The summed E-state index contributed by atoms with van der Waals surface area (Å²) in [7, 11) is 0. The first-order valence-corrected chi connectivity index (χ1v) is 9.05. The monoisotopic (exact) mass is 292 g/mol. The molecule has 1 aromatic heterocycles. The highest BCUT2D eigenvalue weighted by Gasteiger charge is 2.42. The quantitative estimate of drug-likeness (QED) is 0.914. The molecule has 1 saturated carbocycles. The summed E-state index contributed by atoms with van der Waals surface area (Å²) in [5.74, 6) is 0. The number of nitrogens with one attached hydrogen (secondary N) is 1. The van der Waals surface area contributed by atoms with E-state index in [-0.39, 0.29) is 0 Å². The van der Waals surface area contributed by atoms with Crippen LogP contribution >= 0.6 is 11.3 Å². The Balaban J connectivity index is 1.65. The van der Waals surface area contributed by atoms with Crippen molar-refractivity contribution in [3.05, 3.63) is 22.4 Å². The van der Waals surface area contributed by atoms with Gasteiger partial charge in [0.25, 0.3) is 0 Å². The van der Waals surface area contributed by atoms with Crippen LogP contribution in [0.3, 0.4) is 0 Å². The summed E-state index contributed by atoms with van der Waals surface area (Å²) in [6, 6.07) is 2.27. The van der Waals surface area contributed by atoms with Crippen LogP contribution in [0.25, 0.3) is 0 Å². The molecule has 0 unspecified atom stereocenters. The van der Waals surface area contributed by atoms with E-state index in [1.54, 1.807) is 0 Å². The maximum absolute atomic E-state index is 3.91. The van der Waals surface area contributed by atoms with Crippen molar-refractivity contribution in [3.8, 4) is 0 Å². The third-order valence-corrected chi connectivity index (χ3v) is 6.04. The lowest BCUT2D eigenvalue weighted by Gasteiger charge is -2.53. The Morgan fingerprint density at radius 2 is 2.05 bits per heavy atom. The van der Waals surface area contributed by atoms with Crippen LogP contribution < -0.4 is 5.32 Å². The summed E-state index contributed by atoms with van der Waals surface area (Å²) in [5, 5.41) is 8.40. The number of rotatable bonds is 3. The van der Waals surface area contributed by atoms with Crippen LogP contribution in [0.4, 0.5) is 0 Å². The Hall–Kier alpha value is -0.380. The fraction of sp³-hybridized carbons (Fsp3) is 0.765. The molecule has 2 nitrogen and oxygen atoms in total. The van der Waals surface area contributed by atoms with Gasteiger partial charge in [0.05, 0.1) is 0 Å². The standard InChI is InChI=1S/C17H28N2S/c1-16(2)13-18-17(8-4-3-5-9-17)14-19(16)10-6-15-7-11-20-12-15/h7,11-12,18H,3-6,8-10,13-14H2,1-2H3. The van der Waals surface area contributed by atoms with Gasteiger partial charge in [0, 0.05) is 30.7 Å². The second-order valence-electron chi connectivity index (χ2n) is 7.31. The molecular formula is C17H28N2S. The molecular weight excluding hydrogens is 264 g/mol. The molecule has 2 heterocycles. The van der Waals surface area contributed by atoms with Crippen LogP contribution in [0.15, 0.2) is 16.8 Å². The van der Waals surface area contributed by atoms with E-state index in [0.717, 1.165) is 6.54 Å². The van der Waals surface area contributed by atoms with Gasteiger partial charge in [0.1, 0.15) is 0 Å². The van der Waals surface area contributed by atoms with Crippen LogP contribution in [0, 0.1) is 0 Å². The van der Waals surface area contributed by atoms with Gasteiger partial charge >= 0.3 is 0 Å². The molecule has 1 saturated heterocycles. The first kappa shape index (κ1) is 14.6. The minimum atomic E-state index is 0.290. The largest absolute Gasteiger partial charge is 0.308 e. The fourth-order valence-corrected chi connectivity index (χ4v) is 4.50. The van der Waals surface area contributed by atoms with Crippen molar-refractivity contribution in [1.82, 2.24) is 10.2 Å². The first-order chi connectivity index (χ1) is 9.60. The maximum Gasteiger partial charge on any atom is 0.0309 e. The minimum absolute atomic E-state index is 0.290. The van der Waals surface area contributed by atoms with Gasteiger partial charge in [-0.15, -0.1) is 0 Å². The van der Waals surface area contributed by atoms with Crippen molar-refractivity contribution in [1.29, 1.82) is 0 Å². The Morgan fingerprint density at radius 3 is 2.75 bits per heavy atom. The van der Waals surface area contributed by atoms with Gasteiger partial charge in [-0.05, 0) is 55.5 Å². The van der Waals surface area contributed by atoms with Gasteiger partial charge in [-0.1, -0.05) is 19.3 Å². The SMILES string of the molecule is CC1(C)CNC2(CCCCC2)CN1CCc1ccsc1. The topological polar surface area (TPSA) is 15.3 Å². The van der Waals surface area contributed by atoms with E-state index in [1.165, 1.54) is 57.2 Å². The van der Waals surface area contributed by atoms with E-state index in [4.69, 9.17) is 0 Å². The summed E-state index contributed by atoms with van der Waals surface area (Å²) in [6.45, 7) is 8.36. The molecule has 1 N–H and O–H groups in total. The van der Waals surface area contributed by atoms with Gasteiger partial charge < -0.3 is 5.32 Å². The molecule has 1 aliphatic carbocycles. The van der Waals surface area contributed by atoms with Gasteiger partial charge in [0.15, 0.2) is 0 Å². The molecule has 1 spiro atoms. The van der Waals surface area contributed by atoms with Gasteiger partial charge in [-0.2, -0.15) is 11.3 Å². The van der Waals surface area contributed by atoms with E-state index < -0.39 is 0 Å².